The van der Waals surface area contributed by atoms with Crippen molar-refractivity contribution in [2.24, 2.45) is 11.5 Å². The summed E-state index contributed by atoms with van der Waals surface area (Å²) in [6, 6.07) is 11.3. The van der Waals surface area contributed by atoms with Crippen molar-refractivity contribution in [3.05, 3.63) is 58.7 Å². The molecule has 2 aromatic rings. The van der Waals surface area contributed by atoms with Gasteiger partial charge >= 0.3 is 0 Å². The van der Waals surface area contributed by atoms with Gasteiger partial charge in [-0.2, -0.15) is 0 Å². The highest BCUT2D eigenvalue weighted by Crippen LogP contribution is 2.37. The van der Waals surface area contributed by atoms with Gasteiger partial charge in [-0.15, -0.1) is 0 Å². The van der Waals surface area contributed by atoms with E-state index in [-0.39, 0.29) is 24.7 Å². The van der Waals surface area contributed by atoms with Gasteiger partial charge in [-0.05, 0) is 40.8 Å². The summed E-state index contributed by atoms with van der Waals surface area (Å²) in [6.07, 6.45) is 0.724. The molecule has 0 atom stereocenters. The number of nitrogens with two attached hydrogens (primary N) is 2. The second kappa shape index (κ2) is 5.24. The molecular formula is C17H16N2O2. The molecule has 0 saturated carbocycles. The Morgan fingerprint density at radius 2 is 1.24 bits per heavy atom. The van der Waals surface area contributed by atoms with Crippen molar-refractivity contribution in [2.45, 2.75) is 6.42 Å². The summed E-state index contributed by atoms with van der Waals surface area (Å²) in [5, 5.41) is 0. The molecule has 1 aliphatic rings. The number of hydrogen-bond donors (Lipinski definition) is 2. The monoisotopic (exact) mass is 280 g/mol. The fourth-order valence-corrected chi connectivity index (χ4v) is 2.79. The molecular weight excluding hydrogens is 264 g/mol. The van der Waals surface area contributed by atoms with E-state index in [9.17, 15) is 9.59 Å². The third-order valence-electron chi connectivity index (χ3n) is 3.90. The predicted molar refractivity (Wildman–Crippen MR) is 81.5 cm³/mol. The Morgan fingerprint density at radius 3 is 1.62 bits per heavy atom. The Kier molecular flexibility index (Phi) is 3.41. The van der Waals surface area contributed by atoms with Crippen LogP contribution in [-0.4, -0.2) is 24.7 Å². The van der Waals surface area contributed by atoms with Crippen LogP contribution < -0.4 is 11.5 Å². The smallest absolute Gasteiger partial charge is 0.176 e. The first-order valence-corrected chi connectivity index (χ1v) is 6.87. The van der Waals surface area contributed by atoms with E-state index in [4.69, 9.17) is 11.5 Å². The normalized spacial score (nSPS) is 11.9. The Morgan fingerprint density at radius 1 is 0.810 bits per heavy atom. The van der Waals surface area contributed by atoms with Gasteiger partial charge in [0.25, 0.3) is 0 Å². The van der Waals surface area contributed by atoms with Gasteiger partial charge in [0.2, 0.25) is 0 Å². The van der Waals surface area contributed by atoms with Crippen LogP contribution in [0.1, 0.15) is 31.8 Å². The average Bonchev–Trinajstić information content (AvgIpc) is 2.89. The third-order valence-corrected chi connectivity index (χ3v) is 3.90. The highest BCUT2D eigenvalue weighted by atomic mass is 16.1. The number of rotatable bonds is 4. The second-order valence-electron chi connectivity index (χ2n) is 5.18. The van der Waals surface area contributed by atoms with Crippen molar-refractivity contribution < 1.29 is 9.59 Å². The van der Waals surface area contributed by atoms with Crippen LogP contribution >= 0.6 is 0 Å². The van der Waals surface area contributed by atoms with Crippen molar-refractivity contribution in [1.82, 2.24) is 0 Å². The lowest BCUT2D eigenvalue weighted by atomic mass is 10.0. The van der Waals surface area contributed by atoms with Gasteiger partial charge in [-0.25, -0.2) is 0 Å². The Bertz CT molecular complexity index is 687. The van der Waals surface area contributed by atoms with E-state index in [1.807, 2.05) is 36.4 Å². The number of Topliss-reactive ketones (excluding diaryl/α,β-unsaturated/α-hetero) is 2. The number of benzene rings is 2. The van der Waals surface area contributed by atoms with E-state index in [0.717, 1.165) is 28.7 Å². The van der Waals surface area contributed by atoms with Crippen LogP contribution in [0.2, 0.25) is 0 Å². The SMILES string of the molecule is NCC(=O)c1ccc2c(c1)Cc1cc(C(=O)CN)ccc1-2. The average molecular weight is 280 g/mol. The molecule has 0 saturated heterocycles. The summed E-state index contributed by atoms with van der Waals surface area (Å²) in [4.78, 5) is 23.4. The largest absolute Gasteiger partial charge is 0.324 e. The first kappa shape index (κ1) is 13.7. The van der Waals surface area contributed by atoms with E-state index in [2.05, 4.69) is 0 Å². The maximum absolute atomic E-state index is 11.7. The summed E-state index contributed by atoms with van der Waals surface area (Å²) in [5.74, 6) is -0.125. The molecule has 21 heavy (non-hydrogen) atoms. The summed E-state index contributed by atoms with van der Waals surface area (Å²) < 4.78 is 0. The van der Waals surface area contributed by atoms with Crippen LogP contribution in [0.3, 0.4) is 0 Å². The molecule has 0 fully saturated rings. The van der Waals surface area contributed by atoms with Crippen LogP contribution in [0, 0.1) is 0 Å². The number of hydrogen-bond acceptors (Lipinski definition) is 4. The molecule has 0 amide bonds. The summed E-state index contributed by atoms with van der Waals surface area (Å²) in [6.45, 7) is 0.0295. The van der Waals surface area contributed by atoms with E-state index < -0.39 is 0 Å². The molecule has 1 aliphatic carbocycles. The molecule has 0 heterocycles. The fraction of sp³-hybridized carbons (Fsp3) is 0.176. The number of ketones is 2. The molecule has 106 valence electrons. The second-order valence-corrected chi connectivity index (χ2v) is 5.18. The highest BCUT2D eigenvalue weighted by molar-refractivity contribution is 6.00. The zero-order chi connectivity index (χ0) is 15.0. The maximum atomic E-state index is 11.7. The quantitative estimate of drug-likeness (QED) is 0.710. The summed E-state index contributed by atoms with van der Waals surface area (Å²) in [5.41, 5.74) is 16.5. The molecule has 4 N–H and O–H groups in total. The minimum absolute atomic E-state index is 0.0148. The van der Waals surface area contributed by atoms with Crippen molar-refractivity contribution in [3.8, 4) is 11.1 Å². The van der Waals surface area contributed by atoms with Gasteiger partial charge < -0.3 is 11.5 Å². The number of carbonyl (C=O) groups excluding carboxylic acids is 2. The van der Waals surface area contributed by atoms with Gasteiger partial charge in [0, 0.05) is 11.1 Å². The standard InChI is InChI=1S/C17H16N2O2/c18-8-16(20)10-1-3-14-12(5-10)7-13-6-11(17(21)9-19)2-4-15(13)14/h1-6H,7-9,18-19H2. The summed E-state index contributed by atoms with van der Waals surface area (Å²) >= 11 is 0. The van der Waals surface area contributed by atoms with Gasteiger partial charge in [-0.3, -0.25) is 9.59 Å². The van der Waals surface area contributed by atoms with Crippen molar-refractivity contribution in [1.29, 1.82) is 0 Å². The molecule has 0 aromatic heterocycles. The molecule has 0 radical (unpaired) electrons. The fourth-order valence-electron chi connectivity index (χ4n) is 2.79. The zero-order valence-electron chi connectivity index (χ0n) is 11.6. The van der Waals surface area contributed by atoms with Crippen LogP contribution in [0.25, 0.3) is 11.1 Å². The van der Waals surface area contributed by atoms with Crippen LogP contribution in [-0.2, 0) is 6.42 Å². The summed E-state index contributed by atoms with van der Waals surface area (Å²) in [7, 11) is 0. The number of fused-ring (bicyclic) bond motifs is 3. The lowest BCUT2D eigenvalue weighted by Gasteiger charge is -2.04. The zero-order valence-corrected chi connectivity index (χ0v) is 11.6. The van der Waals surface area contributed by atoms with Crippen molar-refractivity contribution in [2.75, 3.05) is 13.1 Å². The molecule has 0 unspecified atom stereocenters. The lowest BCUT2D eigenvalue weighted by molar-refractivity contribution is 0.0993. The first-order valence-electron chi connectivity index (χ1n) is 6.87. The van der Waals surface area contributed by atoms with E-state index in [1.54, 1.807) is 0 Å². The van der Waals surface area contributed by atoms with Gasteiger partial charge in [0.15, 0.2) is 11.6 Å². The Balaban J connectivity index is 2.01. The minimum atomic E-state index is -0.0623. The minimum Gasteiger partial charge on any atom is -0.324 e. The first-order chi connectivity index (χ1) is 10.1. The van der Waals surface area contributed by atoms with E-state index >= 15 is 0 Å². The highest BCUT2D eigenvalue weighted by Gasteiger charge is 2.20. The molecule has 2 aromatic carbocycles. The van der Waals surface area contributed by atoms with Gasteiger partial charge in [-0.1, -0.05) is 24.3 Å². The molecule has 0 spiro atoms. The number of carbonyl (C=O) groups is 2. The molecule has 4 nitrogen and oxygen atoms in total. The maximum Gasteiger partial charge on any atom is 0.176 e. The van der Waals surface area contributed by atoms with Crippen LogP contribution in [0.5, 0.6) is 0 Å². The lowest BCUT2D eigenvalue weighted by Crippen LogP contribution is -2.13. The van der Waals surface area contributed by atoms with Crippen molar-refractivity contribution in [3.63, 3.8) is 0 Å². The van der Waals surface area contributed by atoms with E-state index in [1.165, 1.54) is 0 Å². The Labute approximate surface area is 122 Å². The van der Waals surface area contributed by atoms with Crippen molar-refractivity contribution >= 4 is 11.6 Å². The molecule has 0 aliphatic heterocycles. The third kappa shape index (κ3) is 2.28. The molecule has 0 bridgehead atoms. The van der Waals surface area contributed by atoms with Gasteiger partial charge in [0.05, 0.1) is 13.1 Å². The van der Waals surface area contributed by atoms with Gasteiger partial charge in [0.1, 0.15) is 0 Å². The van der Waals surface area contributed by atoms with Crippen LogP contribution in [0.4, 0.5) is 0 Å². The predicted octanol–water partition coefficient (Wildman–Crippen LogP) is 1.54. The van der Waals surface area contributed by atoms with Crippen LogP contribution in [0.15, 0.2) is 36.4 Å². The topological polar surface area (TPSA) is 86.2 Å². The Hall–Kier alpha value is -2.30. The molecule has 4 heteroatoms. The molecule has 3 rings (SSSR count). The van der Waals surface area contributed by atoms with E-state index in [0.29, 0.717) is 11.1 Å².